The zero-order valence-corrected chi connectivity index (χ0v) is 15.8. The van der Waals surface area contributed by atoms with E-state index in [9.17, 15) is 9.59 Å². The van der Waals surface area contributed by atoms with Crippen molar-refractivity contribution in [2.24, 2.45) is 0 Å². The van der Waals surface area contributed by atoms with Crippen LogP contribution in [0.2, 0.25) is 0 Å². The summed E-state index contributed by atoms with van der Waals surface area (Å²) in [5.41, 5.74) is 2.26. The molecule has 0 spiro atoms. The van der Waals surface area contributed by atoms with E-state index < -0.39 is 11.9 Å². The van der Waals surface area contributed by atoms with Gasteiger partial charge in [0.2, 0.25) is 0 Å². The van der Waals surface area contributed by atoms with Gasteiger partial charge < -0.3 is 9.47 Å². The summed E-state index contributed by atoms with van der Waals surface area (Å²) in [5.74, 6) is -1.34. The third-order valence-corrected chi connectivity index (χ3v) is 4.14. The Hall–Kier alpha value is -1.88. The maximum Gasteiger partial charge on any atom is 0.346 e. The number of allylic oxidation sites excluding steroid dienone is 3. The predicted molar refractivity (Wildman–Crippen MR) is 96.6 cm³/mol. The first-order valence-corrected chi connectivity index (χ1v) is 8.80. The van der Waals surface area contributed by atoms with E-state index in [4.69, 9.17) is 9.47 Å². The van der Waals surface area contributed by atoms with Crippen molar-refractivity contribution in [1.82, 2.24) is 0 Å². The summed E-state index contributed by atoms with van der Waals surface area (Å²) < 4.78 is 10.5. The Kier molecular flexibility index (Phi) is 5.99. The predicted octanol–water partition coefficient (Wildman–Crippen LogP) is 4.35. The maximum atomic E-state index is 12.5. The van der Waals surface area contributed by atoms with Crippen molar-refractivity contribution in [1.29, 1.82) is 0 Å². The van der Waals surface area contributed by atoms with E-state index >= 15 is 0 Å². The number of esters is 2. The molecule has 5 heteroatoms. The van der Waals surface area contributed by atoms with Crippen LogP contribution in [-0.4, -0.2) is 24.1 Å². The van der Waals surface area contributed by atoms with Crippen LogP contribution in [0.3, 0.4) is 0 Å². The Labute approximate surface area is 150 Å². The number of ether oxygens (including phenoxy) is 2. The second-order valence-electron chi connectivity index (χ2n) is 6.04. The third-order valence-electron chi connectivity index (χ3n) is 3.34. The van der Waals surface area contributed by atoms with E-state index in [1.54, 1.807) is 33.8 Å². The topological polar surface area (TPSA) is 52.6 Å². The van der Waals surface area contributed by atoms with Crippen molar-refractivity contribution >= 4 is 33.4 Å². The summed E-state index contributed by atoms with van der Waals surface area (Å²) in [4.78, 5) is 25.1. The van der Waals surface area contributed by atoms with Crippen LogP contribution in [-0.2, 0) is 19.1 Å². The first-order valence-electron chi connectivity index (χ1n) is 7.89. The van der Waals surface area contributed by atoms with Gasteiger partial charge in [0.1, 0.15) is 0 Å². The molecule has 2 rings (SSSR count). The van der Waals surface area contributed by atoms with Gasteiger partial charge in [-0.05, 0) is 38.8 Å². The van der Waals surface area contributed by atoms with Crippen LogP contribution in [0.25, 0.3) is 5.57 Å². The van der Waals surface area contributed by atoms with Crippen molar-refractivity contribution in [3.8, 4) is 0 Å². The molecule has 24 heavy (non-hydrogen) atoms. The van der Waals surface area contributed by atoms with E-state index in [0.717, 1.165) is 11.1 Å². The van der Waals surface area contributed by atoms with Crippen LogP contribution in [0.15, 0.2) is 42.0 Å². The fourth-order valence-corrected chi connectivity index (χ4v) is 2.98. The molecule has 1 aromatic rings. The van der Waals surface area contributed by atoms with E-state index in [2.05, 4.69) is 15.9 Å². The molecule has 1 aliphatic rings. The Morgan fingerprint density at radius 3 is 2.08 bits per heavy atom. The lowest BCUT2D eigenvalue weighted by Crippen LogP contribution is -2.24. The summed E-state index contributed by atoms with van der Waals surface area (Å²) in [6.07, 6.45) is 3.00. The van der Waals surface area contributed by atoms with Crippen molar-refractivity contribution < 1.29 is 19.1 Å². The standard InChI is InChI=1S/C19H21BrO4/c1-11(2)23-18(21)17(19(22)24-12(3)4)15-9-10-16(20)14-8-6-5-7-13(14)15/h5-12,16H,1-4H3. The summed E-state index contributed by atoms with van der Waals surface area (Å²) in [6.45, 7) is 6.97. The number of rotatable bonds is 4. The highest BCUT2D eigenvalue weighted by Gasteiger charge is 2.30. The summed E-state index contributed by atoms with van der Waals surface area (Å²) in [7, 11) is 0. The Morgan fingerprint density at radius 2 is 1.54 bits per heavy atom. The highest BCUT2D eigenvalue weighted by atomic mass is 79.9. The number of halogens is 1. The van der Waals surface area contributed by atoms with Crippen molar-refractivity contribution in [2.45, 2.75) is 44.7 Å². The lowest BCUT2D eigenvalue weighted by Gasteiger charge is -2.21. The quantitative estimate of drug-likeness (QED) is 0.251. The van der Waals surface area contributed by atoms with Crippen LogP contribution in [0, 0.1) is 0 Å². The largest absolute Gasteiger partial charge is 0.459 e. The molecule has 128 valence electrons. The average molecular weight is 393 g/mol. The van der Waals surface area contributed by atoms with Crippen LogP contribution in [0.4, 0.5) is 0 Å². The fourth-order valence-electron chi connectivity index (χ4n) is 2.42. The smallest absolute Gasteiger partial charge is 0.346 e. The first-order chi connectivity index (χ1) is 11.3. The number of hydrogen-bond acceptors (Lipinski definition) is 4. The van der Waals surface area contributed by atoms with Gasteiger partial charge in [0.25, 0.3) is 0 Å². The van der Waals surface area contributed by atoms with E-state index in [1.165, 1.54) is 0 Å². The normalized spacial score (nSPS) is 16.1. The molecule has 0 N–H and O–H groups in total. The average Bonchev–Trinajstić information content (AvgIpc) is 2.48. The first kappa shape index (κ1) is 18.5. The number of hydrogen-bond donors (Lipinski definition) is 0. The van der Waals surface area contributed by atoms with Gasteiger partial charge in [-0.2, -0.15) is 0 Å². The Balaban J connectivity index is 2.60. The van der Waals surface area contributed by atoms with Crippen molar-refractivity contribution in [2.75, 3.05) is 0 Å². The molecule has 0 saturated carbocycles. The number of carbonyl (C=O) groups is 2. The zero-order chi connectivity index (χ0) is 17.9. The number of alkyl halides is 1. The summed E-state index contributed by atoms with van der Waals surface area (Å²) >= 11 is 3.58. The summed E-state index contributed by atoms with van der Waals surface area (Å²) in [5, 5.41) is 0. The highest BCUT2D eigenvalue weighted by Crippen LogP contribution is 2.38. The molecule has 0 bridgehead atoms. The molecular weight excluding hydrogens is 372 g/mol. The fraction of sp³-hybridized carbons (Fsp3) is 0.368. The molecule has 1 aliphatic carbocycles. The Bertz CT molecular complexity index is 677. The molecule has 0 saturated heterocycles. The second-order valence-corrected chi connectivity index (χ2v) is 7.03. The number of benzene rings is 1. The minimum Gasteiger partial charge on any atom is -0.459 e. The van der Waals surface area contributed by atoms with Gasteiger partial charge >= 0.3 is 11.9 Å². The Morgan fingerprint density at radius 1 is 1.00 bits per heavy atom. The highest BCUT2D eigenvalue weighted by molar-refractivity contribution is 9.09. The molecule has 0 fully saturated rings. The maximum absolute atomic E-state index is 12.5. The van der Waals surface area contributed by atoms with Gasteiger partial charge in [-0.3, -0.25) is 0 Å². The summed E-state index contributed by atoms with van der Waals surface area (Å²) in [6, 6.07) is 7.63. The third kappa shape index (κ3) is 4.15. The van der Waals surface area contributed by atoms with Crippen LogP contribution in [0.5, 0.6) is 0 Å². The molecule has 1 aromatic carbocycles. The molecular formula is C19H21BrO4. The molecule has 0 heterocycles. The van der Waals surface area contributed by atoms with Gasteiger partial charge in [0.15, 0.2) is 5.57 Å². The molecule has 0 aromatic heterocycles. The van der Waals surface area contributed by atoms with Gasteiger partial charge in [0.05, 0.1) is 17.0 Å². The minimum atomic E-state index is -0.668. The van der Waals surface area contributed by atoms with Crippen molar-refractivity contribution in [3.05, 3.63) is 53.1 Å². The minimum absolute atomic E-state index is 0.0286. The molecule has 4 nitrogen and oxygen atoms in total. The van der Waals surface area contributed by atoms with E-state index in [-0.39, 0.29) is 22.6 Å². The second kappa shape index (κ2) is 7.79. The zero-order valence-electron chi connectivity index (χ0n) is 14.2. The van der Waals surface area contributed by atoms with Crippen LogP contribution < -0.4 is 0 Å². The van der Waals surface area contributed by atoms with Gasteiger partial charge in [-0.25, -0.2) is 9.59 Å². The van der Waals surface area contributed by atoms with Gasteiger partial charge in [-0.1, -0.05) is 52.3 Å². The lowest BCUT2D eigenvalue weighted by molar-refractivity contribution is -0.150. The van der Waals surface area contributed by atoms with Crippen LogP contribution >= 0.6 is 15.9 Å². The van der Waals surface area contributed by atoms with E-state index in [0.29, 0.717) is 5.57 Å². The number of carbonyl (C=O) groups excluding carboxylic acids is 2. The van der Waals surface area contributed by atoms with Crippen LogP contribution in [0.1, 0.15) is 43.6 Å². The number of fused-ring (bicyclic) bond motifs is 1. The molecule has 1 atom stereocenters. The monoisotopic (exact) mass is 392 g/mol. The molecule has 0 radical (unpaired) electrons. The van der Waals surface area contributed by atoms with Crippen molar-refractivity contribution in [3.63, 3.8) is 0 Å². The molecule has 0 aliphatic heterocycles. The lowest BCUT2D eigenvalue weighted by atomic mass is 9.89. The molecule has 1 unspecified atom stereocenters. The van der Waals surface area contributed by atoms with Gasteiger partial charge in [0, 0.05) is 5.57 Å². The molecule has 0 amide bonds. The SMILES string of the molecule is CC(C)OC(=O)C(C(=O)OC(C)C)=C1C=CC(Br)c2ccccc21. The van der Waals surface area contributed by atoms with Gasteiger partial charge in [-0.15, -0.1) is 0 Å². The van der Waals surface area contributed by atoms with E-state index in [1.807, 2.05) is 30.3 Å².